The van der Waals surface area contributed by atoms with E-state index in [2.05, 4.69) is 53.1 Å². The van der Waals surface area contributed by atoms with Crippen LogP contribution in [0.1, 0.15) is 75.8 Å². The molecule has 0 heterocycles. The monoisotopic (exact) mass is 930 g/mol. The van der Waals surface area contributed by atoms with Crippen molar-refractivity contribution in [1.29, 1.82) is 0 Å². The number of benzene rings is 5. The molecule has 0 aliphatic heterocycles. The van der Waals surface area contributed by atoms with Gasteiger partial charge in [0.2, 0.25) is 15.9 Å². The van der Waals surface area contributed by atoms with Gasteiger partial charge in [0, 0.05) is 38.3 Å². The minimum atomic E-state index is -3.90. The maximum atomic E-state index is 14.3. The SMILES string of the molecule is C[C@H](NC[C@H](Cc1ccccc1)NC(=O)c1cc(C(=O)N[C@H](C)c2ccc(Br)cc2)cc(N(Cc2ccc(Br)cc2)S(C)(=O)=O)c1)C(=O)N[C@H](C)c1ccc(N)cc1. The van der Waals surface area contributed by atoms with Crippen LogP contribution in [0.15, 0.2) is 130 Å². The van der Waals surface area contributed by atoms with Crippen molar-refractivity contribution in [3.63, 3.8) is 0 Å². The number of sulfonamides is 1. The summed E-state index contributed by atoms with van der Waals surface area (Å²) in [7, 11) is -3.90. The van der Waals surface area contributed by atoms with Crippen LogP contribution in [0.2, 0.25) is 0 Å². The molecule has 0 aliphatic carbocycles. The summed E-state index contributed by atoms with van der Waals surface area (Å²) in [5.41, 5.74) is 10.2. The smallest absolute Gasteiger partial charge is 0.251 e. The van der Waals surface area contributed by atoms with Crippen molar-refractivity contribution in [2.45, 2.75) is 57.9 Å². The minimum Gasteiger partial charge on any atom is -0.399 e. The Morgan fingerprint density at radius 1 is 0.672 bits per heavy atom. The summed E-state index contributed by atoms with van der Waals surface area (Å²) >= 11 is 6.86. The Bertz CT molecular complexity index is 2290. The molecule has 0 saturated carbocycles. The number of nitrogen functional groups attached to an aromatic ring is 1. The first-order chi connectivity index (χ1) is 27.5. The number of nitrogens with one attached hydrogen (secondary N) is 4. The van der Waals surface area contributed by atoms with Crippen LogP contribution < -0.4 is 31.3 Å². The van der Waals surface area contributed by atoms with Crippen molar-refractivity contribution in [3.05, 3.63) is 164 Å². The van der Waals surface area contributed by atoms with Gasteiger partial charge in [0.1, 0.15) is 0 Å². The molecular weight excluding hydrogens is 884 g/mol. The first-order valence-electron chi connectivity index (χ1n) is 18.7. The van der Waals surface area contributed by atoms with Gasteiger partial charge < -0.3 is 27.0 Å². The summed E-state index contributed by atoms with van der Waals surface area (Å²) < 4.78 is 29.6. The lowest BCUT2D eigenvalue weighted by atomic mass is 10.0. The van der Waals surface area contributed by atoms with Crippen LogP contribution in [0.3, 0.4) is 0 Å². The Labute approximate surface area is 357 Å². The van der Waals surface area contributed by atoms with E-state index in [1.165, 1.54) is 22.5 Å². The lowest BCUT2D eigenvalue weighted by molar-refractivity contribution is -0.123. The molecule has 14 heteroatoms. The summed E-state index contributed by atoms with van der Waals surface area (Å²) in [5.74, 6) is -1.23. The summed E-state index contributed by atoms with van der Waals surface area (Å²) in [6.07, 6.45) is 1.51. The number of anilines is 2. The van der Waals surface area contributed by atoms with E-state index in [0.717, 1.165) is 31.9 Å². The fraction of sp³-hybridized carbons (Fsp3) is 0.250. The van der Waals surface area contributed by atoms with Crippen molar-refractivity contribution in [1.82, 2.24) is 21.3 Å². The molecule has 6 N–H and O–H groups in total. The molecule has 0 aromatic heterocycles. The molecule has 11 nitrogen and oxygen atoms in total. The molecule has 5 rings (SSSR count). The van der Waals surface area contributed by atoms with Crippen molar-refractivity contribution in [2.24, 2.45) is 0 Å². The van der Waals surface area contributed by atoms with Crippen LogP contribution in [0, 0.1) is 0 Å². The molecule has 5 aromatic carbocycles. The molecular formula is C44H48Br2N6O5S. The Hall–Kier alpha value is -5.02. The van der Waals surface area contributed by atoms with E-state index in [1.54, 1.807) is 31.2 Å². The second-order valence-corrected chi connectivity index (χ2v) is 18.0. The summed E-state index contributed by atoms with van der Waals surface area (Å²) in [4.78, 5) is 41.4. The highest BCUT2D eigenvalue weighted by Gasteiger charge is 2.25. The maximum absolute atomic E-state index is 14.3. The largest absolute Gasteiger partial charge is 0.399 e. The zero-order valence-corrected chi connectivity index (χ0v) is 36.7. The zero-order chi connectivity index (χ0) is 42.0. The summed E-state index contributed by atoms with van der Waals surface area (Å²) in [6, 6.07) is 34.3. The predicted octanol–water partition coefficient (Wildman–Crippen LogP) is 7.45. The Morgan fingerprint density at radius 2 is 1.19 bits per heavy atom. The third-order valence-electron chi connectivity index (χ3n) is 9.61. The second kappa shape index (κ2) is 20.1. The molecule has 58 heavy (non-hydrogen) atoms. The Balaban J connectivity index is 1.42. The molecule has 5 aromatic rings. The highest BCUT2D eigenvalue weighted by Crippen LogP contribution is 2.26. The van der Waals surface area contributed by atoms with Gasteiger partial charge in [0.25, 0.3) is 11.8 Å². The minimum absolute atomic E-state index is 0.0367. The van der Waals surface area contributed by atoms with Crippen LogP contribution in [0.4, 0.5) is 11.4 Å². The number of carbonyl (C=O) groups is 3. The number of rotatable bonds is 17. The van der Waals surface area contributed by atoms with Crippen molar-refractivity contribution >= 4 is 71.0 Å². The van der Waals surface area contributed by atoms with E-state index in [0.29, 0.717) is 17.7 Å². The van der Waals surface area contributed by atoms with Crippen molar-refractivity contribution < 1.29 is 22.8 Å². The predicted molar refractivity (Wildman–Crippen MR) is 238 cm³/mol. The number of carbonyl (C=O) groups excluding carboxylic acids is 3. The normalized spacial score (nSPS) is 13.4. The van der Waals surface area contributed by atoms with Gasteiger partial charge in [0.15, 0.2) is 0 Å². The highest BCUT2D eigenvalue weighted by molar-refractivity contribution is 9.10. The standard InChI is InChI=1S/C44H48Br2N6O5S/c1-28(34-14-20-39(47)21-15-34)49-42(53)30(3)48-26-40(22-31-8-6-5-7-9-31)51-44(55)36-23-35(43(54)50-29(2)33-12-18-38(46)19-13-33)24-41(25-36)52(58(4,56)57)27-32-10-16-37(45)17-11-32/h5-21,23-25,28-30,40,48H,22,26-27,47H2,1-4H3,(H,49,53)(H,50,54)(H,51,55)/t28-,29-,30+,40+/m1/s1. The molecule has 0 radical (unpaired) electrons. The third kappa shape index (κ3) is 12.7. The average molecular weight is 933 g/mol. The van der Waals surface area contributed by atoms with Crippen LogP contribution in [0.25, 0.3) is 0 Å². The molecule has 0 fully saturated rings. The Morgan fingerprint density at radius 3 is 1.76 bits per heavy atom. The van der Waals surface area contributed by atoms with Crippen molar-refractivity contribution in [2.75, 3.05) is 22.8 Å². The van der Waals surface area contributed by atoms with Gasteiger partial charge >= 0.3 is 0 Å². The number of halogens is 2. The van der Waals surface area contributed by atoms with Gasteiger partial charge in [0.05, 0.1) is 36.6 Å². The number of nitrogens with two attached hydrogens (primary N) is 1. The van der Waals surface area contributed by atoms with E-state index < -0.39 is 40.0 Å². The number of hydrogen-bond donors (Lipinski definition) is 5. The van der Waals surface area contributed by atoms with Crippen LogP contribution in [-0.4, -0.2) is 51.0 Å². The Kier molecular flexibility index (Phi) is 15.3. The first kappa shape index (κ1) is 44.1. The van der Waals surface area contributed by atoms with Crippen LogP contribution in [-0.2, 0) is 27.8 Å². The van der Waals surface area contributed by atoms with E-state index >= 15 is 0 Å². The molecule has 0 saturated heterocycles. The highest BCUT2D eigenvalue weighted by atomic mass is 79.9. The van der Waals surface area contributed by atoms with E-state index in [9.17, 15) is 22.8 Å². The van der Waals surface area contributed by atoms with Gasteiger partial charge in [-0.15, -0.1) is 0 Å². The number of amides is 3. The van der Waals surface area contributed by atoms with Crippen LogP contribution >= 0.6 is 31.9 Å². The van der Waals surface area contributed by atoms with Gasteiger partial charge in [-0.3, -0.25) is 18.7 Å². The molecule has 0 aliphatic rings. The third-order valence-corrected chi connectivity index (χ3v) is 11.8. The fourth-order valence-corrected chi connectivity index (χ4v) is 7.65. The van der Waals surface area contributed by atoms with E-state index in [-0.39, 0.29) is 41.9 Å². The summed E-state index contributed by atoms with van der Waals surface area (Å²) in [6.45, 7) is 5.67. The average Bonchev–Trinajstić information content (AvgIpc) is 3.19. The molecule has 0 spiro atoms. The van der Waals surface area contributed by atoms with Gasteiger partial charge in [-0.2, -0.15) is 0 Å². The molecule has 0 unspecified atom stereocenters. The van der Waals surface area contributed by atoms with E-state index in [1.807, 2.05) is 92.7 Å². The van der Waals surface area contributed by atoms with E-state index in [4.69, 9.17) is 5.73 Å². The van der Waals surface area contributed by atoms with Gasteiger partial charge in [-0.1, -0.05) is 98.6 Å². The number of nitrogens with zero attached hydrogens (tertiary/aromatic N) is 1. The maximum Gasteiger partial charge on any atom is 0.251 e. The van der Waals surface area contributed by atoms with Gasteiger partial charge in [-0.05, 0) is 104 Å². The topological polar surface area (TPSA) is 163 Å². The first-order valence-corrected chi connectivity index (χ1v) is 22.2. The molecule has 3 amide bonds. The fourth-order valence-electron chi connectivity index (χ4n) is 6.25. The summed E-state index contributed by atoms with van der Waals surface area (Å²) in [5, 5.41) is 12.4. The quantitative estimate of drug-likeness (QED) is 0.0606. The molecule has 4 atom stereocenters. The number of hydrogen-bond acceptors (Lipinski definition) is 7. The lowest BCUT2D eigenvalue weighted by Crippen LogP contribution is -2.49. The zero-order valence-electron chi connectivity index (χ0n) is 32.7. The molecule has 0 bridgehead atoms. The van der Waals surface area contributed by atoms with Crippen LogP contribution in [0.5, 0.6) is 0 Å². The second-order valence-electron chi connectivity index (χ2n) is 14.3. The van der Waals surface area contributed by atoms with Crippen molar-refractivity contribution in [3.8, 4) is 0 Å². The van der Waals surface area contributed by atoms with Gasteiger partial charge in [-0.25, -0.2) is 8.42 Å². The lowest BCUT2D eigenvalue weighted by Gasteiger charge is -2.25. The molecule has 304 valence electrons.